The molecule has 1 aromatic heterocycles. The lowest BCUT2D eigenvalue weighted by Gasteiger charge is -2.23. The molecule has 1 aliphatic rings. The Morgan fingerprint density at radius 2 is 2.00 bits per heavy atom. The third-order valence-electron chi connectivity index (χ3n) is 5.07. The fourth-order valence-corrected chi connectivity index (χ4v) is 4.59. The largest absolute Gasteiger partial charge is 0.451 e. The third kappa shape index (κ3) is 3.71. The molecule has 0 bridgehead atoms. The van der Waals surface area contributed by atoms with Crippen molar-refractivity contribution in [1.29, 1.82) is 0 Å². The zero-order chi connectivity index (χ0) is 19.8. The van der Waals surface area contributed by atoms with Gasteiger partial charge in [0.05, 0.1) is 11.2 Å². The third-order valence-corrected chi connectivity index (χ3v) is 6.51. The number of hydrogen-bond acceptors (Lipinski definition) is 5. The van der Waals surface area contributed by atoms with Crippen LogP contribution in [0, 0.1) is 12.3 Å². The van der Waals surface area contributed by atoms with Crippen LogP contribution in [-0.2, 0) is 14.8 Å². The summed E-state index contributed by atoms with van der Waals surface area (Å²) in [5, 5.41) is 0.881. The molecule has 0 aliphatic carbocycles. The highest BCUT2D eigenvalue weighted by atomic mass is 32.2. The number of likely N-dealkylation sites (tertiary alicyclic amines) is 1. The van der Waals surface area contributed by atoms with Crippen molar-refractivity contribution in [3.63, 3.8) is 0 Å². The number of nitrogens with one attached hydrogen (secondary N) is 1. The van der Waals surface area contributed by atoms with Gasteiger partial charge in [-0.3, -0.25) is 14.3 Å². The van der Waals surface area contributed by atoms with Crippen molar-refractivity contribution in [1.82, 2.24) is 9.62 Å². The maximum Gasteiger partial charge on any atom is 0.289 e. The Morgan fingerprint density at radius 1 is 1.30 bits per heavy atom. The van der Waals surface area contributed by atoms with Gasteiger partial charge in [0, 0.05) is 24.0 Å². The minimum atomic E-state index is -3.64. The first kappa shape index (κ1) is 19.4. The van der Waals surface area contributed by atoms with E-state index in [0.29, 0.717) is 25.0 Å². The number of carbonyl (C=O) groups is 2. The van der Waals surface area contributed by atoms with Crippen molar-refractivity contribution in [3.8, 4) is 0 Å². The predicted molar refractivity (Wildman–Crippen MR) is 102 cm³/mol. The number of para-hydroxylation sites is 1. The fraction of sp³-hybridized carbons (Fsp3) is 0.474. The molecule has 1 atom stereocenters. The van der Waals surface area contributed by atoms with Crippen molar-refractivity contribution in [3.05, 3.63) is 35.6 Å². The zero-order valence-electron chi connectivity index (χ0n) is 15.7. The van der Waals surface area contributed by atoms with Crippen molar-refractivity contribution in [2.75, 3.05) is 18.8 Å². The summed E-state index contributed by atoms with van der Waals surface area (Å²) < 4.78 is 31.7. The van der Waals surface area contributed by atoms with E-state index in [1.54, 1.807) is 24.8 Å². The molecule has 2 amide bonds. The molecule has 27 heavy (non-hydrogen) atoms. The summed E-state index contributed by atoms with van der Waals surface area (Å²) in [5.74, 6) is -0.681. The fourth-order valence-electron chi connectivity index (χ4n) is 3.43. The van der Waals surface area contributed by atoms with E-state index in [9.17, 15) is 18.0 Å². The van der Waals surface area contributed by atoms with E-state index >= 15 is 0 Å². The number of carbonyl (C=O) groups excluding carboxylic acids is 2. The van der Waals surface area contributed by atoms with Gasteiger partial charge in [0.15, 0.2) is 5.76 Å². The van der Waals surface area contributed by atoms with Crippen LogP contribution in [0.15, 0.2) is 28.7 Å². The summed E-state index contributed by atoms with van der Waals surface area (Å²) in [6.07, 6.45) is 0.820. The van der Waals surface area contributed by atoms with Gasteiger partial charge in [-0.25, -0.2) is 8.42 Å². The SMILES string of the molecule is CCCS(=O)(=O)NC(=O)C1(C)CCN(C(=O)c2oc3ccccc3c2C)C1. The molecule has 1 saturated heterocycles. The number of fused-ring (bicyclic) bond motifs is 1. The van der Waals surface area contributed by atoms with Crippen molar-refractivity contribution in [2.45, 2.75) is 33.6 Å². The first-order chi connectivity index (χ1) is 12.7. The lowest BCUT2D eigenvalue weighted by molar-refractivity contribution is -0.127. The van der Waals surface area contributed by atoms with Crippen molar-refractivity contribution >= 4 is 32.8 Å². The van der Waals surface area contributed by atoms with Crippen LogP contribution in [0.4, 0.5) is 0 Å². The van der Waals surface area contributed by atoms with Gasteiger partial charge >= 0.3 is 0 Å². The summed E-state index contributed by atoms with van der Waals surface area (Å²) in [4.78, 5) is 27.0. The lowest BCUT2D eigenvalue weighted by atomic mass is 9.89. The Kier molecular flexibility index (Phi) is 5.03. The van der Waals surface area contributed by atoms with Crippen LogP contribution < -0.4 is 4.72 Å². The molecule has 2 heterocycles. The summed E-state index contributed by atoms with van der Waals surface area (Å²) in [7, 11) is -3.64. The topological polar surface area (TPSA) is 96.7 Å². The molecule has 1 aliphatic heterocycles. The molecule has 0 saturated carbocycles. The number of amides is 2. The maximum atomic E-state index is 12.9. The molecule has 7 nitrogen and oxygen atoms in total. The number of hydrogen-bond donors (Lipinski definition) is 1. The second-order valence-corrected chi connectivity index (χ2v) is 9.18. The molecule has 0 spiro atoms. The Morgan fingerprint density at radius 3 is 2.67 bits per heavy atom. The molecule has 3 rings (SSSR count). The Labute approximate surface area is 158 Å². The normalized spacial score (nSPS) is 20.2. The second kappa shape index (κ2) is 6.99. The van der Waals surface area contributed by atoms with Gasteiger partial charge in [-0.2, -0.15) is 0 Å². The van der Waals surface area contributed by atoms with Gasteiger partial charge in [-0.1, -0.05) is 25.1 Å². The van der Waals surface area contributed by atoms with Crippen molar-refractivity contribution in [2.24, 2.45) is 5.41 Å². The van der Waals surface area contributed by atoms with Crippen molar-refractivity contribution < 1.29 is 22.4 Å². The van der Waals surface area contributed by atoms with Crippen LogP contribution in [0.25, 0.3) is 11.0 Å². The molecule has 0 radical (unpaired) electrons. The number of furan rings is 1. The number of aryl methyl sites for hydroxylation is 1. The maximum absolute atomic E-state index is 12.9. The smallest absolute Gasteiger partial charge is 0.289 e. The first-order valence-electron chi connectivity index (χ1n) is 8.99. The van der Waals surface area contributed by atoms with Gasteiger partial charge in [0.1, 0.15) is 5.58 Å². The van der Waals surface area contributed by atoms with Crippen LogP contribution in [-0.4, -0.2) is 44.0 Å². The van der Waals surface area contributed by atoms with Gasteiger partial charge in [-0.05, 0) is 32.8 Å². The van der Waals surface area contributed by atoms with Gasteiger partial charge < -0.3 is 9.32 Å². The molecular formula is C19H24N2O5S. The Bertz CT molecular complexity index is 995. The zero-order valence-corrected chi connectivity index (χ0v) is 16.6. The minimum Gasteiger partial charge on any atom is -0.451 e. The molecule has 1 N–H and O–H groups in total. The predicted octanol–water partition coefficient (Wildman–Crippen LogP) is 2.45. The van der Waals surface area contributed by atoms with E-state index in [1.807, 2.05) is 25.1 Å². The summed E-state index contributed by atoms with van der Waals surface area (Å²) in [5.41, 5.74) is 0.457. The molecule has 1 fully saturated rings. The Hall–Kier alpha value is -2.35. The number of nitrogens with zero attached hydrogens (tertiary/aromatic N) is 1. The van der Waals surface area contributed by atoms with Crippen LogP contribution in [0.3, 0.4) is 0 Å². The highest BCUT2D eigenvalue weighted by Gasteiger charge is 2.44. The standard InChI is InChI=1S/C19H24N2O5S/c1-4-11-27(24,25)20-18(23)19(3)9-10-21(12-19)17(22)16-13(2)14-7-5-6-8-15(14)26-16/h5-8H,4,9-12H2,1-3H3,(H,20,23). The second-order valence-electron chi connectivity index (χ2n) is 7.34. The van der Waals surface area contributed by atoms with E-state index < -0.39 is 21.3 Å². The lowest BCUT2D eigenvalue weighted by Crippen LogP contribution is -2.44. The van der Waals surface area contributed by atoms with Crippen LogP contribution in [0.1, 0.15) is 42.8 Å². The quantitative estimate of drug-likeness (QED) is 0.843. The molecular weight excluding hydrogens is 368 g/mol. The van der Waals surface area contributed by atoms with E-state index in [4.69, 9.17) is 4.42 Å². The Balaban J connectivity index is 1.77. The summed E-state index contributed by atoms with van der Waals surface area (Å²) in [6, 6.07) is 7.42. The average Bonchev–Trinajstić information content (AvgIpc) is 3.16. The summed E-state index contributed by atoms with van der Waals surface area (Å²) in [6.45, 7) is 5.76. The van der Waals surface area contributed by atoms with E-state index in [2.05, 4.69) is 4.72 Å². The minimum absolute atomic E-state index is 0.102. The van der Waals surface area contributed by atoms with Crippen LogP contribution in [0.5, 0.6) is 0 Å². The van der Waals surface area contributed by atoms with E-state index in [0.717, 1.165) is 10.9 Å². The summed E-state index contributed by atoms with van der Waals surface area (Å²) >= 11 is 0. The average molecular weight is 392 g/mol. The van der Waals surface area contributed by atoms with Crippen LogP contribution in [0.2, 0.25) is 0 Å². The molecule has 146 valence electrons. The van der Waals surface area contributed by atoms with E-state index in [1.165, 1.54) is 0 Å². The highest BCUT2D eigenvalue weighted by Crippen LogP contribution is 2.33. The van der Waals surface area contributed by atoms with Gasteiger partial charge in [-0.15, -0.1) is 0 Å². The van der Waals surface area contributed by atoms with Crippen LogP contribution >= 0.6 is 0 Å². The number of sulfonamides is 1. The highest BCUT2D eigenvalue weighted by molar-refractivity contribution is 7.90. The molecule has 1 aromatic carbocycles. The van der Waals surface area contributed by atoms with E-state index in [-0.39, 0.29) is 24.0 Å². The number of benzene rings is 1. The first-order valence-corrected chi connectivity index (χ1v) is 10.6. The molecule has 8 heteroatoms. The number of rotatable bonds is 5. The van der Waals surface area contributed by atoms with Gasteiger partial charge in [0.2, 0.25) is 15.9 Å². The monoisotopic (exact) mass is 392 g/mol. The molecule has 2 aromatic rings. The molecule has 1 unspecified atom stereocenters. The van der Waals surface area contributed by atoms with Gasteiger partial charge in [0.25, 0.3) is 5.91 Å².